The average molecular weight is 575 g/mol. The molecule has 0 aromatic heterocycles. The van der Waals surface area contributed by atoms with Gasteiger partial charge < -0.3 is 10.2 Å². The number of hydrogen-bond donors (Lipinski definition) is 1. The van der Waals surface area contributed by atoms with Crippen LogP contribution >= 0.6 is 22.6 Å². The molecule has 0 saturated heterocycles. The van der Waals surface area contributed by atoms with Crippen LogP contribution in [-0.4, -0.2) is 50.5 Å². The van der Waals surface area contributed by atoms with E-state index in [1.165, 1.54) is 23.1 Å². The molecule has 10 heteroatoms. The van der Waals surface area contributed by atoms with E-state index >= 15 is 0 Å². The van der Waals surface area contributed by atoms with E-state index in [4.69, 9.17) is 0 Å². The van der Waals surface area contributed by atoms with Crippen molar-refractivity contribution in [1.82, 2.24) is 10.2 Å². The van der Waals surface area contributed by atoms with E-state index in [0.29, 0.717) is 18.7 Å². The molecule has 174 valence electrons. The fraction of sp³-hybridized carbons (Fsp3) is 0.364. The summed E-state index contributed by atoms with van der Waals surface area (Å²) in [6.07, 6.45) is 1.73. The summed E-state index contributed by atoms with van der Waals surface area (Å²) in [5, 5.41) is 2.73. The average Bonchev–Trinajstić information content (AvgIpc) is 2.74. The van der Waals surface area contributed by atoms with Gasteiger partial charge in [0.2, 0.25) is 21.8 Å². The third kappa shape index (κ3) is 7.16. The first-order chi connectivity index (χ1) is 15.0. The lowest BCUT2D eigenvalue weighted by Crippen LogP contribution is -2.51. The van der Waals surface area contributed by atoms with E-state index in [1.54, 1.807) is 37.3 Å². The van der Waals surface area contributed by atoms with Gasteiger partial charge in [0, 0.05) is 22.2 Å². The van der Waals surface area contributed by atoms with Crippen LogP contribution in [0.1, 0.15) is 25.8 Å². The minimum Gasteiger partial charge on any atom is -0.354 e. The third-order valence-corrected chi connectivity index (χ3v) is 6.67. The van der Waals surface area contributed by atoms with E-state index in [2.05, 4.69) is 27.9 Å². The van der Waals surface area contributed by atoms with Gasteiger partial charge in [-0.15, -0.1) is 0 Å². The fourth-order valence-electron chi connectivity index (χ4n) is 3.01. The summed E-state index contributed by atoms with van der Waals surface area (Å²) in [5.41, 5.74) is 0.561. The van der Waals surface area contributed by atoms with E-state index in [-0.39, 0.29) is 12.1 Å². The molecule has 2 aromatic carbocycles. The minimum atomic E-state index is -3.79. The van der Waals surface area contributed by atoms with Gasteiger partial charge in [-0.05, 0) is 66.3 Å². The number of rotatable bonds is 10. The van der Waals surface area contributed by atoms with Crippen molar-refractivity contribution in [2.24, 2.45) is 0 Å². The fourth-order valence-corrected chi connectivity index (χ4v) is 4.22. The first-order valence-electron chi connectivity index (χ1n) is 10.1. The lowest BCUT2D eigenvalue weighted by atomic mass is 10.1. The Hall–Kier alpha value is -2.21. The second-order valence-corrected chi connectivity index (χ2v) is 10.5. The summed E-state index contributed by atoms with van der Waals surface area (Å²) < 4.78 is 41.1. The Morgan fingerprint density at radius 3 is 2.31 bits per heavy atom. The molecule has 1 N–H and O–H groups in total. The highest BCUT2D eigenvalue weighted by molar-refractivity contribution is 14.1. The zero-order valence-electron chi connectivity index (χ0n) is 18.2. The van der Waals surface area contributed by atoms with E-state index in [1.807, 2.05) is 6.92 Å². The molecule has 0 bridgehead atoms. The number of benzene rings is 2. The first kappa shape index (κ1) is 26.0. The minimum absolute atomic E-state index is 0.170. The number of sulfonamides is 1. The summed E-state index contributed by atoms with van der Waals surface area (Å²) in [6.45, 7) is 3.19. The molecule has 0 spiro atoms. The molecular formula is C22H27FIN3O4S. The van der Waals surface area contributed by atoms with Gasteiger partial charge >= 0.3 is 0 Å². The van der Waals surface area contributed by atoms with Crippen molar-refractivity contribution in [2.75, 3.05) is 23.7 Å². The van der Waals surface area contributed by atoms with E-state index in [9.17, 15) is 22.4 Å². The molecule has 0 fully saturated rings. The van der Waals surface area contributed by atoms with Gasteiger partial charge in [-0.2, -0.15) is 0 Å². The summed E-state index contributed by atoms with van der Waals surface area (Å²) in [7, 11) is -3.79. The Morgan fingerprint density at radius 1 is 1.12 bits per heavy atom. The standard InChI is InChI=1S/C22H27FIN3O4S/c1-4-13-25-22(29)16(2)26(14-17-7-5-6-8-20(17)23)21(28)15-27(32(3,30)31)19-11-9-18(24)10-12-19/h5-12,16H,4,13-15H2,1-3H3,(H,25,29). The molecule has 2 rings (SSSR count). The number of anilines is 1. The van der Waals surface area contributed by atoms with Crippen molar-refractivity contribution in [2.45, 2.75) is 32.9 Å². The topological polar surface area (TPSA) is 86.8 Å². The molecule has 1 unspecified atom stereocenters. The lowest BCUT2D eigenvalue weighted by molar-refractivity contribution is -0.139. The quantitative estimate of drug-likeness (QED) is 0.442. The van der Waals surface area contributed by atoms with Crippen LogP contribution in [0.25, 0.3) is 0 Å². The second kappa shape index (κ2) is 11.6. The predicted octanol–water partition coefficient (Wildman–Crippen LogP) is 3.14. The molecule has 0 aliphatic carbocycles. The van der Waals surface area contributed by atoms with Crippen molar-refractivity contribution in [3.05, 3.63) is 63.5 Å². The highest BCUT2D eigenvalue weighted by atomic mass is 127. The largest absolute Gasteiger partial charge is 0.354 e. The highest BCUT2D eigenvalue weighted by Gasteiger charge is 2.30. The zero-order valence-corrected chi connectivity index (χ0v) is 21.2. The highest BCUT2D eigenvalue weighted by Crippen LogP contribution is 2.21. The monoisotopic (exact) mass is 575 g/mol. The molecule has 2 aromatic rings. The van der Waals surface area contributed by atoms with E-state index in [0.717, 1.165) is 14.1 Å². The van der Waals surface area contributed by atoms with Gasteiger partial charge in [0.15, 0.2) is 0 Å². The van der Waals surface area contributed by atoms with Crippen molar-refractivity contribution in [3.8, 4) is 0 Å². The van der Waals surface area contributed by atoms with Gasteiger partial charge in [0.25, 0.3) is 0 Å². The number of nitrogens with one attached hydrogen (secondary N) is 1. The number of halogens is 2. The number of nitrogens with zero attached hydrogens (tertiary/aromatic N) is 2. The van der Waals surface area contributed by atoms with Crippen LogP contribution in [0.4, 0.5) is 10.1 Å². The van der Waals surface area contributed by atoms with Crippen LogP contribution < -0.4 is 9.62 Å². The number of carbonyl (C=O) groups excluding carboxylic acids is 2. The van der Waals surface area contributed by atoms with Crippen LogP contribution in [-0.2, 0) is 26.2 Å². The van der Waals surface area contributed by atoms with Gasteiger partial charge in [-0.3, -0.25) is 13.9 Å². The van der Waals surface area contributed by atoms with E-state index < -0.39 is 40.2 Å². The van der Waals surface area contributed by atoms with Gasteiger partial charge in [0.05, 0.1) is 11.9 Å². The van der Waals surface area contributed by atoms with Crippen molar-refractivity contribution in [1.29, 1.82) is 0 Å². The molecule has 32 heavy (non-hydrogen) atoms. The Kier molecular flexibility index (Phi) is 9.44. The van der Waals surface area contributed by atoms with Crippen LogP contribution in [0.15, 0.2) is 48.5 Å². The maximum atomic E-state index is 14.3. The van der Waals surface area contributed by atoms with Crippen LogP contribution in [0.2, 0.25) is 0 Å². The smallest absolute Gasteiger partial charge is 0.244 e. The van der Waals surface area contributed by atoms with Crippen molar-refractivity contribution >= 4 is 50.1 Å². The SMILES string of the molecule is CCCNC(=O)C(C)N(Cc1ccccc1F)C(=O)CN(c1ccc(I)cc1)S(C)(=O)=O. The zero-order chi connectivity index (χ0) is 23.9. The van der Waals surface area contributed by atoms with Gasteiger partial charge in [-0.1, -0.05) is 25.1 Å². The molecule has 0 aliphatic rings. The Balaban J connectivity index is 2.37. The molecule has 7 nitrogen and oxygen atoms in total. The molecule has 2 amide bonds. The normalized spacial score (nSPS) is 12.2. The molecule has 0 radical (unpaired) electrons. The molecule has 0 aliphatic heterocycles. The molecular weight excluding hydrogens is 548 g/mol. The summed E-state index contributed by atoms with van der Waals surface area (Å²) in [6, 6.07) is 11.7. The van der Waals surface area contributed by atoms with Crippen molar-refractivity contribution < 1.29 is 22.4 Å². The summed E-state index contributed by atoms with van der Waals surface area (Å²) >= 11 is 2.10. The maximum absolute atomic E-state index is 14.3. The van der Waals surface area contributed by atoms with Gasteiger partial charge in [0.1, 0.15) is 18.4 Å². The number of carbonyl (C=O) groups is 2. The predicted molar refractivity (Wildman–Crippen MR) is 131 cm³/mol. The summed E-state index contributed by atoms with van der Waals surface area (Å²) in [4.78, 5) is 27.1. The third-order valence-electron chi connectivity index (χ3n) is 4.81. The second-order valence-electron chi connectivity index (χ2n) is 7.33. The molecule has 1 atom stereocenters. The molecule has 0 heterocycles. The number of amides is 2. The Labute approximate surface area is 202 Å². The number of hydrogen-bond acceptors (Lipinski definition) is 4. The summed E-state index contributed by atoms with van der Waals surface area (Å²) in [5.74, 6) is -1.52. The van der Waals surface area contributed by atoms with Crippen LogP contribution in [0.5, 0.6) is 0 Å². The lowest BCUT2D eigenvalue weighted by Gasteiger charge is -2.31. The maximum Gasteiger partial charge on any atom is 0.244 e. The van der Waals surface area contributed by atoms with Crippen molar-refractivity contribution in [3.63, 3.8) is 0 Å². The van der Waals surface area contributed by atoms with Gasteiger partial charge in [-0.25, -0.2) is 12.8 Å². The Morgan fingerprint density at radius 2 is 1.75 bits per heavy atom. The Bertz CT molecular complexity index is 1050. The van der Waals surface area contributed by atoms with Crippen LogP contribution in [0, 0.1) is 9.39 Å². The molecule has 0 saturated carbocycles. The first-order valence-corrected chi connectivity index (χ1v) is 13.0. The van der Waals surface area contributed by atoms with Crippen LogP contribution in [0.3, 0.4) is 0 Å².